The zero-order chi connectivity index (χ0) is 7.94. The fraction of sp³-hybridized carbons (Fsp3) is 0.625. The van der Waals surface area contributed by atoms with E-state index in [-0.39, 0.29) is 0 Å². The summed E-state index contributed by atoms with van der Waals surface area (Å²) in [6, 6.07) is 0. The van der Waals surface area contributed by atoms with Gasteiger partial charge in [0.05, 0.1) is 12.9 Å². The van der Waals surface area contributed by atoms with E-state index < -0.39 is 0 Å². The average molecular weight is 154 g/mol. The van der Waals surface area contributed by atoms with Crippen LogP contribution < -0.4 is 0 Å². The van der Waals surface area contributed by atoms with Crippen LogP contribution in [0.15, 0.2) is 17.3 Å². The topological polar surface area (TPSA) is 24.8 Å². The van der Waals surface area contributed by atoms with Crippen LogP contribution in [0.2, 0.25) is 0 Å². The van der Waals surface area contributed by atoms with Crippen LogP contribution >= 0.6 is 0 Å². The van der Waals surface area contributed by atoms with E-state index >= 15 is 0 Å². The van der Waals surface area contributed by atoms with E-state index in [1.807, 2.05) is 12.4 Å². The third-order valence-corrected chi connectivity index (χ3v) is 1.50. The molecule has 0 unspecified atom stereocenters. The molecule has 1 heterocycles. The Labute approximate surface area is 67.4 Å². The maximum absolute atomic E-state index is 4.94. The van der Waals surface area contributed by atoms with Crippen molar-refractivity contribution in [2.24, 2.45) is 4.99 Å². The summed E-state index contributed by atoms with van der Waals surface area (Å²) in [7, 11) is 1.72. The summed E-state index contributed by atoms with van der Waals surface area (Å²) >= 11 is 0. The molecule has 0 aromatic carbocycles. The van der Waals surface area contributed by atoms with Gasteiger partial charge in [0, 0.05) is 26.5 Å². The van der Waals surface area contributed by atoms with Crippen molar-refractivity contribution in [3.05, 3.63) is 12.3 Å². The van der Waals surface area contributed by atoms with Crippen molar-refractivity contribution in [3.63, 3.8) is 0 Å². The minimum Gasteiger partial charge on any atom is -0.385 e. The van der Waals surface area contributed by atoms with Crippen LogP contribution in [-0.4, -0.2) is 38.0 Å². The first-order valence-corrected chi connectivity index (χ1v) is 3.85. The number of hydrogen-bond acceptors (Lipinski definition) is 3. The van der Waals surface area contributed by atoms with Gasteiger partial charge in [0.15, 0.2) is 0 Å². The molecule has 11 heavy (non-hydrogen) atoms. The zero-order valence-electron chi connectivity index (χ0n) is 6.86. The van der Waals surface area contributed by atoms with Crippen molar-refractivity contribution in [3.8, 4) is 0 Å². The molecule has 3 heteroatoms. The molecule has 0 amide bonds. The van der Waals surface area contributed by atoms with Crippen LogP contribution in [0, 0.1) is 0 Å². The van der Waals surface area contributed by atoms with Crippen LogP contribution in [0.25, 0.3) is 0 Å². The van der Waals surface area contributed by atoms with Gasteiger partial charge in [-0.25, -0.2) is 0 Å². The first-order valence-electron chi connectivity index (χ1n) is 3.85. The van der Waals surface area contributed by atoms with Crippen LogP contribution in [-0.2, 0) is 4.74 Å². The number of ether oxygens (including phenoxy) is 1. The lowest BCUT2D eigenvalue weighted by Crippen LogP contribution is -2.19. The highest BCUT2D eigenvalue weighted by Crippen LogP contribution is 1.94. The van der Waals surface area contributed by atoms with Crippen LogP contribution in [0.1, 0.15) is 6.42 Å². The highest BCUT2D eigenvalue weighted by atomic mass is 16.5. The van der Waals surface area contributed by atoms with E-state index in [2.05, 4.69) is 16.1 Å². The molecule has 0 N–H and O–H groups in total. The number of hydrogen-bond donors (Lipinski definition) is 0. The Morgan fingerprint density at radius 3 is 3.18 bits per heavy atom. The van der Waals surface area contributed by atoms with E-state index in [9.17, 15) is 0 Å². The Morgan fingerprint density at radius 1 is 1.64 bits per heavy atom. The number of aliphatic imine (C=N–C) groups is 1. The molecule has 0 aliphatic carbocycles. The van der Waals surface area contributed by atoms with Crippen molar-refractivity contribution in [2.45, 2.75) is 6.42 Å². The Kier molecular flexibility index (Phi) is 3.69. The number of methoxy groups -OCH3 is 1. The van der Waals surface area contributed by atoms with Gasteiger partial charge in [-0.2, -0.15) is 0 Å². The second kappa shape index (κ2) is 4.91. The van der Waals surface area contributed by atoms with Gasteiger partial charge in [0.1, 0.15) is 0 Å². The van der Waals surface area contributed by atoms with Crippen LogP contribution in [0.5, 0.6) is 0 Å². The summed E-state index contributed by atoms with van der Waals surface area (Å²) < 4.78 is 4.94. The maximum Gasteiger partial charge on any atom is 0.0893 e. The van der Waals surface area contributed by atoms with Crippen molar-refractivity contribution < 1.29 is 4.74 Å². The molecular formula is C8H14N2O. The first kappa shape index (κ1) is 8.27. The second-order valence-electron chi connectivity index (χ2n) is 2.45. The average Bonchev–Trinajstić information content (AvgIpc) is 2.07. The zero-order valence-corrected chi connectivity index (χ0v) is 6.86. The van der Waals surface area contributed by atoms with Gasteiger partial charge in [-0.1, -0.05) is 0 Å². The minimum atomic E-state index is 0.818. The summed E-state index contributed by atoms with van der Waals surface area (Å²) in [5.74, 6) is 0. The van der Waals surface area contributed by atoms with Crippen LogP contribution in [0.4, 0.5) is 0 Å². The van der Waals surface area contributed by atoms with E-state index in [4.69, 9.17) is 4.74 Å². The van der Waals surface area contributed by atoms with Crippen molar-refractivity contribution in [1.82, 2.24) is 4.90 Å². The number of rotatable bonds is 4. The molecule has 0 bridgehead atoms. The summed E-state index contributed by atoms with van der Waals surface area (Å²) in [6.45, 7) is 2.63. The Balaban J connectivity index is 2.10. The molecule has 0 radical (unpaired) electrons. The quantitative estimate of drug-likeness (QED) is 0.561. The molecule has 0 saturated carbocycles. The van der Waals surface area contributed by atoms with Gasteiger partial charge >= 0.3 is 0 Å². The fourth-order valence-corrected chi connectivity index (χ4v) is 0.958. The predicted molar refractivity (Wildman–Crippen MR) is 45.7 cm³/mol. The van der Waals surface area contributed by atoms with Crippen molar-refractivity contribution >= 4 is 6.34 Å². The predicted octanol–water partition coefficient (Wildman–Crippen LogP) is 0.881. The molecule has 62 valence electrons. The van der Waals surface area contributed by atoms with E-state index in [0.717, 1.165) is 26.1 Å². The molecule has 1 rings (SSSR count). The lowest BCUT2D eigenvalue weighted by molar-refractivity contribution is 0.190. The molecule has 0 aromatic heterocycles. The summed E-state index contributed by atoms with van der Waals surface area (Å²) in [5.41, 5.74) is 0. The Bertz CT molecular complexity index is 142. The molecule has 3 nitrogen and oxygen atoms in total. The lowest BCUT2D eigenvalue weighted by atomic mass is 10.4. The Hall–Kier alpha value is -0.830. The molecule has 1 aliphatic heterocycles. The molecule has 0 saturated heterocycles. The molecule has 0 fully saturated rings. The second-order valence-corrected chi connectivity index (χ2v) is 2.45. The van der Waals surface area contributed by atoms with E-state index in [0.29, 0.717) is 0 Å². The van der Waals surface area contributed by atoms with E-state index in [1.54, 1.807) is 7.11 Å². The molecule has 0 aromatic rings. The monoisotopic (exact) mass is 154 g/mol. The van der Waals surface area contributed by atoms with Gasteiger partial charge in [0.25, 0.3) is 0 Å². The third kappa shape index (κ3) is 3.18. The minimum absolute atomic E-state index is 0.818. The largest absolute Gasteiger partial charge is 0.385 e. The standard InChI is InChI=1S/C8H14N2O/c1-11-7-3-6-10-5-2-4-9-8-10/h2,5,8H,3-4,6-7H2,1H3. The summed E-state index contributed by atoms with van der Waals surface area (Å²) in [4.78, 5) is 6.18. The normalized spacial score (nSPS) is 15.9. The molecule has 0 spiro atoms. The van der Waals surface area contributed by atoms with E-state index in [1.165, 1.54) is 0 Å². The van der Waals surface area contributed by atoms with Gasteiger partial charge in [0.2, 0.25) is 0 Å². The van der Waals surface area contributed by atoms with Crippen LogP contribution in [0.3, 0.4) is 0 Å². The van der Waals surface area contributed by atoms with Gasteiger partial charge in [-0.15, -0.1) is 0 Å². The fourth-order valence-electron chi connectivity index (χ4n) is 0.958. The molecule has 1 aliphatic rings. The smallest absolute Gasteiger partial charge is 0.0893 e. The highest BCUT2D eigenvalue weighted by Gasteiger charge is 1.96. The Morgan fingerprint density at radius 2 is 2.55 bits per heavy atom. The van der Waals surface area contributed by atoms with Gasteiger partial charge in [-0.05, 0) is 12.5 Å². The maximum atomic E-state index is 4.94. The highest BCUT2D eigenvalue weighted by molar-refractivity contribution is 5.57. The lowest BCUT2D eigenvalue weighted by Gasteiger charge is -2.16. The van der Waals surface area contributed by atoms with Crippen molar-refractivity contribution in [2.75, 3.05) is 26.8 Å². The SMILES string of the molecule is COCCCN1C=CCN=C1. The molecular weight excluding hydrogens is 140 g/mol. The summed E-state index contributed by atoms with van der Waals surface area (Å²) in [5, 5.41) is 0. The van der Waals surface area contributed by atoms with Gasteiger partial charge < -0.3 is 9.64 Å². The number of nitrogens with zero attached hydrogens (tertiary/aromatic N) is 2. The van der Waals surface area contributed by atoms with Crippen molar-refractivity contribution in [1.29, 1.82) is 0 Å². The summed E-state index contributed by atoms with van der Waals surface area (Å²) in [6.07, 6.45) is 7.03. The first-order chi connectivity index (χ1) is 5.43. The molecule has 0 atom stereocenters. The van der Waals surface area contributed by atoms with Gasteiger partial charge in [-0.3, -0.25) is 4.99 Å². The third-order valence-electron chi connectivity index (χ3n) is 1.50.